The monoisotopic (exact) mass is 447 g/mol. The van der Waals surface area contributed by atoms with Crippen molar-refractivity contribution in [3.8, 4) is 11.1 Å². The summed E-state index contributed by atoms with van der Waals surface area (Å²) < 4.78 is 6.21. The Morgan fingerprint density at radius 3 is 1.97 bits per heavy atom. The van der Waals surface area contributed by atoms with Crippen LogP contribution in [-0.2, 0) is 10.8 Å². The van der Waals surface area contributed by atoms with Crippen LogP contribution in [0.5, 0.6) is 0 Å². The topological polar surface area (TPSA) is 25.2 Å². The van der Waals surface area contributed by atoms with Crippen molar-refractivity contribution < 1.29 is 4.42 Å². The summed E-state index contributed by atoms with van der Waals surface area (Å²) in [5.74, 6) is 0. The molecule has 1 aromatic heterocycles. The van der Waals surface area contributed by atoms with Gasteiger partial charge >= 0.3 is 0 Å². The Morgan fingerprint density at radius 1 is 0.588 bits per heavy atom. The van der Waals surface area contributed by atoms with Crippen LogP contribution in [0.4, 0.5) is 11.4 Å². The molecule has 0 saturated heterocycles. The SMILES string of the molecule is CC(C)(C)c1ccc(Nc2ccc3oc4cc(C(C)(C)C)ccc4c3c2)c(-c2ccccc2)c1. The zero-order valence-corrected chi connectivity index (χ0v) is 21.0. The molecule has 0 fully saturated rings. The van der Waals surface area contributed by atoms with E-state index in [1.165, 1.54) is 22.3 Å². The van der Waals surface area contributed by atoms with Crippen LogP contribution >= 0.6 is 0 Å². The molecule has 5 rings (SSSR count). The van der Waals surface area contributed by atoms with Crippen LogP contribution in [0.15, 0.2) is 89.3 Å². The van der Waals surface area contributed by atoms with Crippen molar-refractivity contribution in [3.05, 3.63) is 96.1 Å². The maximum atomic E-state index is 6.21. The summed E-state index contributed by atoms with van der Waals surface area (Å²) in [6, 6.07) is 30.3. The molecule has 1 heterocycles. The average Bonchev–Trinajstić information content (AvgIpc) is 3.16. The summed E-state index contributed by atoms with van der Waals surface area (Å²) in [4.78, 5) is 0. The van der Waals surface area contributed by atoms with Crippen LogP contribution < -0.4 is 5.32 Å². The van der Waals surface area contributed by atoms with E-state index in [-0.39, 0.29) is 10.8 Å². The van der Waals surface area contributed by atoms with Crippen LogP contribution in [-0.4, -0.2) is 0 Å². The number of nitrogens with one attached hydrogen (secondary N) is 1. The zero-order valence-electron chi connectivity index (χ0n) is 21.0. The molecule has 0 aliphatic carbocycles. The Morgan fingerprint density at radius 2 is 1.26 bits per heavy atom. The van der Waals surface area contributed by atoms with Crippen LogP contribution in [0.1, 0.15) is 52.7 Å². The van der Waals surface area contributed by atoms with Crippen molar-refractivity contribution in [2.45, 2.75) is 52.4 Å². The molecule has 2 heteroatoms. The van der Waals surface area contributed by atoms with Crippen molar-refractivity contribution in [1.29, 1.82) is 0 Å². The van der Waals surface area contributed by atoms with E-state index in [4.69, 9.17) is 4.42 Å². The van der Waals surface area contributed by atoms with E-state index in [0.717, 1.165) is 33.3 Å². The molecule has 172 valence electrons. The molecule has 0 saturated carbocycles. The van der Waals surface area contributed by atoms with E-state index in [1.54, 1.807) is 0 Å². The number of benzene rings is 4. The minimum Gasteiger partial charge on any atom is -0.456 e. The normalized spacial score (nSPS) is 12.4. The van der Waals surface area contributed by atoms with E-state index in [2.05, 4.69) is 132 Å². The van der Waals surface area contributed by atoms with Gasteiger partial charge in [-0.1, -0.05) is 90.1 Å². The van der Waals surface area contributed by atoms with E-state index in [1.807, 2.05) is 0 Å². The molecule has 0 spiro atoms. The Labute approximate surface area is 202 Å². The molecule has 0 aliphatic rings. The molecule has 0 radical (unpaired) electrons. The lowest BCUT2D eigenvalue weighted by atomic mass is 9.85. The Kier molecular flexibility index (Phi) is 5.28. The molecular formula is C32H33NO. The standard InChI is InChI=1S/C32H33NO/c1-31(2,3)22-13-16-28(26(18-22)21-10-8-7-9-11-21)33-24-14-17-29-27(20-24)25-15-12-23(32(4,5)6)19-30(25)34-29/h7-20,33H,1-6H3. The predicted molar refractivity (Wildman–Crippen MR) is 146 cm³/mol. The summed E-state index contributed by atoms with van der Waals surface area (Å²) in [6.45, 7) is 13.5. The third-order valence-electron chi connectivity index (χ3n) is 6.59. The summed E-state index contributed by atoms with van der Waals surface area (Å²) in [5.41, 5.74) is 9.21. The van der Waals surface area contributed by atoms with Gasteiger partial charge in [-0.2, -0.15) is 0 Å². The average molecular weight is 448 g/mol. The third-order valence-corrected chi connectivity index (χ3v) is 6.59. The first-order valence-corrected chi connectivity index (χ1v) is 12.0. The molecule has 0 bridgehead atoms. The first-order chi connectivity index (χ1) is 16.1. The smallest absolute Gasteiger partial charge is 0.135 e. The van der Waals surface area contributed by atoms with Gasteiger partial charge in [0.25, 0.3) is 0 Å². The molecule has 0 unspecified atom stereocenters. The van der Waals surface area contributed by atoms with E-state index in [0.29, 0.717) is 0 Å². The van der Waals surface area contributed by atoms with Gasteiger partial charge in [-0.05, 0) is 63.9 Å². The second-order valence-electron chi connectivity index (χ2n) is 11.3. The number of fused-ring (bicyclic) bond motifs is 3. The summed E-state index contributed by atoms with van der Waals surface area (Å²) in [6.07, 6.45) is 0. The molecule has 2 nitrogen and oxygen atoms in total. The second kappa shape index (κ2) is 8.06. The molecule has 4 aromatic carbocycles. The van der Waals surface area contributed by atoms with Gasteiger partial charge in [0.2, 0.25) is 0 Å². The molecule has 0 atom stereocenters. The fraction of sp³-hybridized carbons (Fsp3) is 0.250. The molecular weight excluding hydrogens is 414 g/mol. The van der Waals surface area contributed by atoms with Crippen molar-refractivity contribution in [2.24, 2.45) is 0 Å². The van der Waals surface area contributed by atoms with E-state index < -0.39 is 0 Å². The third kappa shape index (κ3) is 4.21. The summed E-state index contributed by atoms with van der Waals surface area (Å²) in [7, 11) is 0. The van der Waals surface area contributed by atoms with Crippen LogP contribution in [0.25, 0.3) is 33.1 Å². The number of furan rings is 1. The number of rotatable bonds is 3. The molecule has 34 heavy (non-hydrogen) atoms. The van der Waals surface area contributed by atoms with E-state index >= 15 is 0 Å². The van der Waals surface area contributed by atoms with E-state index in [9.17, 15) is 0 Å². The Hall–Kier alpha value is -3.52. The van der Waals surface area contributed by atoms with Gasteiger partial charge in [0.15, 0.2) is 0 Å². The highest BCUT2D eigenvalue weighted by Gasteiger charge is 2.18. The Bertz CT molecular complexity index is 1480. The minimum atomic E-state index is 0.0859. The van der Waals surface area contributed by atoms with Crippen LogP contribution in [0.3, 0.4) is 0 Å². The van der Waals surface area contributed by atoms with Gasteiger partial charge in [0, 0.05) is 27.7 Å². The lowest BCUT2D eigenvalue weighted by Crippen LogP contribution is -2.11. The predicted octanol–water partition coefficient (Wildman–Crippen LogP) is 9.59. The number of hydrogen-bond acceptors (Lipinski definition) is 2. The molecule has 0 amide bonds. The van der Waals surface area contributed by atoms with Crippen LogP contribution in [0, 0.1) is 0 Å². The number of anilines is 2. The summed E-state index contributed by atoms with van der Waals surface area (Å²) >= 11 is 0. The van der Waals surface area contributed by atoms with Gasteiger partial charge in [-0.15, -0.1) is 0 Å². The highest BCUT2D eigenvalue weighted by atomic mass is 16.3. The van der Waals surface area contributed by atoms with Gasteiger partial charge in [-0.3, -0.25) is 0 Å². The largest absolute Gasteiger partial charge is 0.456 e. The van der Waals surface area contributed by atoms with Crippen LogP contribution in [0.2, 0.25) is 0 Å². The zero-order chi connectivity index (χ0) is 24.1. The summed E-state index contributed by atoms with van der Waals surface area (Å²) in [5, 5.41) is 5.97. The fourth-order valence-electron chi connectivity index (χ4n) is 4.45. The van der Waals surface area contributed by atoms with Gasteiger partial charge < -0.3 is 9.73 Å². The molecule has 5 aromatic rings. The second-order valence-corrected chi connectivity index (χ2v) is 11.3. The van der Waals surface area contributed by atoms with Crippen molar-refractivity contribution in [3.63, 3.8) is 0 Å². The van der Waals surface area contributed by atoms with Crippen molar-refractivity contribution >= 4 is 33.3 Å². The Balaban J connectivity index is 1.58. The van der Waals surface area contributed by atoms with Gasteiger partial charge in [0.1, 0.15) is 11.2 Å². The lowest BCUT2D eigenvalue weighted by Gasteiger charge is -2.22. The first-order valence-electron chi connectivity index (χ1n) is 12.0. The molecule has 0 aliphatic heterocycles. The highest BCUT2D eigenvalue weighted by molar-refractivity contribution is 6.06. The van der Waals surface area contributed by atoms with Gasteiger partial charge in [-0.25, -0.2) is 0 Å². The lowest BCUT2D eigenvalue weighted by molar-refractivity contribution is 0.587. The van der Waals surface area contributed by atoms with Gasteiger partial charge in [0.05, 0.1) is 0 Å². The minimum absolute atomic E-state index is 0.0859. The van der Waals surface area contributed by atoms with Crippen molar-refractivity contribution in [1.82, 2.24) is 0 Å². The highest BCUT2D eigenvalue weighted by Crippen LogP contribution is 2.37. The first kappa shape index (κ1) is 22.3. The quantitative estimate of drug-likeness (QED) is 0.298. The fourth-order valence-corrected chi connectivity index (χ4v) is 4.45. The maximum Gasteiger partial charge on any atom is 0.135 e. The number of hydrogen-bond donors (Lipinski definition) is 1. The van der Waals surface area contributed by atoms with Crippen molar-refractivity contribution in [2.75, 3.05) is 5.32 Å². The molecule has 1 N–H and O–H groups in total. The maximum absolute atomic E-state index is 6.21.